The number of carbonyl (C=O) groups is 1. The Labute approximate surface area is 184 Å². The zero-order valence-electron chi connectivity index (χ0n) is 17.1. The highest BCUT2D eigenvalue weighted by atomic mass is 19.4. The normalized spacial score (nSPS) is 22.4. The Morgan fingerprint density at radius 3 is 2.33 bits per heavy atom. The number of carboxylic acid groups (broad SMARTS) is 1. The molecule has 3 N–H and O–H groups in total. The van der Waals surface area contributed by atoms with E-state index in [9.17, 15) is 26.7 Å². The third-order valence-corrected chi connectivity index (χ3v) is 5.43. The maximum absolute atomic E-state index is 13.6. The van der Waals surface area contributed by atoms with Gasteiger partial charge in [0.15, 0.2) is 5.82 Å². The molecule has 1 saturated carbocycles. The summed E-state index contributed by atoms with van der Waals surface area (Å²) in [7, 11) is 0. The number of halogens is 5. The van der Waals surface area contributed by atoms with E-state index in [0.29, 0.717) is 13.0 Å². The van der Waals surface area contributed by atoms with Gasteiger partial charge in [-0.1, -0.05) is 6.07 Å². The molecule has 178 valence electrons. The van der Waals surface area contributed by atoms with E-state index in [2.05, 4.69) is 30.6 Å². The lowest BCUT2D eigenvalue weighted by Gasteiger charge is -2.17. The second-order valence-electron chi connectivity index (χ2n) is 8.01. The minimum absolute atomic E-state index is 0.0243. The summed E-state index contributed by atoms with van der Waals surface area (Å²) in [6, 6.07) is 2.31. The summed E-state index contributed by atoms with van der Waals surface area (Å²) in [5.74, 6) is -3.11. The van der Waals surface area contributed by atoms with Gasteiger partial charge >= 0.3 is 12.3 Å². The predicted molar refractivity (Wildman–Crippen MR) is 106 cm³/mol. The highest BCUT2D eigenvalue weighted by Gasteiger charge is 2.40. The Kier molecular flexibility index (Phi) is 5.93. The minimum Gasteiger partial charge on any atom is -0.465 e. The molecule has 14 heteroatoms. The van der Waals surface area contributed by atoms with Crippen LogP contribution in [0.15, 0.2) is 18.2 Å². The van der Waals surface area contributed by atoms with Crippen molar-refractivity contribution in [3.05, 3.63) is 23.9 Å². The van der Waals surface area contributed by atoms with Gasteiger partial charge in [-0.25, -0.2) is 18.6 Å². The van der Waals surface area contributed by atoms with Gasteiger partial charge in [0.25, 0.3) is 0 Å². The van der Waals surface area contributed by atoms with Crippen molar-refractivity contribution in [3.8, 4) is 11.5 Å². The van der Waals surface area contributed by atoms with Crippen LogP contribution in [0.25, 0.3) is 11.5 Å². The van der Waals surface area contributed by atoms with Gasteiger partial charge in [0, 0.05) is 38.0 Å². The Morgan fingerprint density at radius 2 is 1.76 bits per heavy atom. The van der Waals surface area contributed by atoms with Crippen molar-refractivity contribution in [2.75, 3.05) is 23.7 Å². The average Bonchev–Trinajstić information content (AvgIpc) is 3.33. The lowest BCUT2D eigenvalue weighted by atomic mass is 10.2. The van der Waals surface area contributed by atoms with Crippen LogP contribution in [-0.2, 0) is 6.18 Å². The number of anilines is 2. The van der Waals surface area contributed by atoms with E-state index in [1.165, 1.54) is 11.0 Å². The number of hydrogen-bond acceptors (Lipinski definition) is 7. The largest absolute Gasteiger partial charge is 0.465 e. The fraction of sp³-hybridized carbons (Fsp3) is 0.526. The maximum atomic E-state index is 13.6. The van der Waals surface area contributed by atoms with Gasteiger partial charge < -0.3 is 20.6 Å². The second kappa shape index (κ2) is 8.56. The molecule has 33 heavy (non-hydrogen) atoms. The number of alkyl halides is 5. The molecular weight excluding hydrogens is 453 g/mol. The Hall–Kier alpha value is -3.32. The maximum Gasteiger partial charge on any atom is 0.433 e. The van der Waals surface area contributed by atoms with Crippen molar-refractivity contribution in [1.29, 1.82) is 0 Å². The first-order valence-electron chi connectivity index (χ1n) is 10.2. The fourth-order valence-electron chi connectivity index (χ4n) is 3.83. The van der Waals surface area contributed by atoms with E-state index >= 15 is 0 Å². The first-order valence-corrected chi connectivity index (χ1v) is 10.2. The van der Waals surface area contributed by atoms with Crippen LogP contribution < -0.4 is 10.6 Å². The summed E-state index contributed by atoms with van der Waals surface area (Å²) in [5.41, 5.74) is -1.30. The number of amides is 1. The molecule has 2 atom stereocenters. The Balaban J connectivity index is 1.63. The number of nitrogens with zero attached hydrogens (tertiary/aromatic N) is 5. The van der Waals surface area contributed by atoms with Gasteiger partial charge in [-0.2, -0.15) is 28.1 Å². The smallest absolute Gasteiger partial charge is 0.433 e. The summed E-state index contributed by atoms with van der Waals surface area (Å²) in [4.78, 5) is 28.3. The third kappa shape index (κ3) is 5.54. The summed E-state index contributed by atoms with van der Waals surface area (Å²) < 4.78 is 66.4. The molecule has 1 aliphatic heterocycles. The molecule has 2 unspecified atom stereocenters. The molecule has 1 amide bonds. The molecule has 2 aliphatic rings. The van der Waals surface area contributed by atoms with Crippen molar-refractivity contribution in [2.45, 2.75) is 49.9 Å². The molecule has 2 fully saturated rings. The summed E-state index contributed by atoms with van der Waals surface area (Å²) in [5, 5.41) is 14.9. The van der Waals surface area contributed by atoms with E-state index < -0.39 is 36.3 Å². The molecule has 4 rings (SSSR count). The van der Waals surface area contributed by atoms with E-state index in [1.54, 1.807) is 0 Å². The average molecular weight is 473 g/mol. The topological polar surface area (TPSA) is 116 Å². The molecule has 2 aromatic rings. The van der Waals surface area contributed by atoms with Gasteiger partial charge in [-0.05, 0) is 25.0 Å². The van der Waals surface area contributed by atoms with Crippen molar-refractivity contribution in [2.24, 2.45) is 0 Å². The van der Waals surface area contributed by atoms with Gasteiger partial charge in [0.2, 0.25) is 17.8 Å². The van der Waals surface area contributed by atoms with Crippen LogP contribution in [0, 0.1) is 0 Å². The van der Waals surface area contributed by atoms with Crippen molar-refractivity contribution in [1.82, 2.24) is 24.8 Å². The van der Waals surface area contributed by atoms with E-state index in [0.717, 1.165) is 12.1 Å². The lowest BCUT2D eigenvalue weighted by molar-refractivity contribution is -0.141. The van der Waals surface area contributed by atoms with Crippen molar-refractivity contribution < 1.29 is 31.9 Å². The van der Waals surface area contributed by atoms with Crippen LogP contribution in [0.3, 0.4) is 0 Å². The Bertz CT molecular complexity index is 1040. The van der Waals surface area contributed by atoms with E-state index in [-0.39, 0.29) is 48.8 Å². The summed E-state index contributed by atoms with van der Waals surface area (Å²) in [6.45, 7) is 0.457. The number of nitrogens with one attached hydrogen (secondary N) is 2. The molecular formula is C19H20F5N7O2. The molecule has 9 nitrogen and oxygen atoms in total. The number of likely N-dealkylation sites (tertiary alicyclic amines) is 1. The monoisotopic (exact) mass is 473 g/mol. The standard InChI is InChI=1S/C19H20F5N7O2/c20-18(21)6-4-10(8-18)25-15-28-14(12-2-1-3-13(27-12)19(22,23)24)29-16(30-15)26-11-5-7-31(9-11)17(32)33/h1-3,10-11H,4-9H2,(H,32,33)(H2,25,26,28,29,30). The molecule has 0 radical (unpaired) electrons. The second-order valence-corrected chi connectivity index (χ2v) is 8.01. The van der Waals surface area contributed by atoms with E-state index in [4.69, 9.17) is 5.11 Å². The minimum atomic E-state index is -4.68. The van der Waals surface area contributed by atoms with E-state index in [1.807, 2.05) is 0 Å². The van der Waals surface area contributed by atoms with Crippen LogP contribution >= 0.6 is 0 Å². The van der Waals surface area contributed by atoms with Gasteiger partial charge in [-0.3, -0.25) is 0 Å². The number of pyridine rings is 1. The molecule has 0 bridgehead atoms. The molecule has 3 heterocycles. The van der Waals surface area contributed by atoms with Crippen LogP contribution in [-0.4, -0.2) is 67.1 Å². The quantitative estimate of drug-likeness (QED) is 0.563. The van der Waals surface area contributed by atoms with Crippen LogP contribution in [0.1, 0.15) is 31.4 Å². The van der Waals surface area contributed by atoms with Crippen LogP contribution in [0.2, 0.25) is 0 Å². The zero-order valence-corrected chi connectivity index (χ0v) is 17.1. The number of aromatic nitrogens is 4. The SMILES string of the molecule is O=C(O)N1CCC(Nc2nc(NC3CCC(F)(F)C3)nc(-c3cccc(C(F)(F)F)n3)n2)C1. The predicted octanol–water partition coefficient (Wildman–Crippen LogP) is 3.72. The van der Waals surface area contributed by atoms with Crippen LogP contribution in [0.5, 0.6) is 0 Å². The lowest BCUT2D eigenvalue weighted by Crippen LogP contribution is -2.30. The molecule has 0 spiro atoms. The number of hydrogen-bond donors (Lipinski definition) is 3. The third-order valence-electron chi connectivity index (χ3n) is 5.43. The summed E-state index contributed by atoms with van der Waals surface area (Å²) in [6.07, 6.45) is -5.83. The van der Waals surface area contributed by atoms with Crippen molar-refractivity contribution in [3.63, 3.8) is 0 Å². The Morgan fingerprint density at radius 1 is 1.06 bits per heavy atom. The molecule has 1 saturated heterocycles. The van der Waals surface area contributed by atoms with Gasteiger partial charge in [0.1, 0.15) is 11.4 Å². The zero-order chi connectivity index (χ0) is 23.8. The number of rotatable bonds is 5. The highest BCUT2D eigenvalue weighted by Crippen LogP contribution is 2.36. The molecule has 2 aromatic heterocycles. The summed E-state index contributed by atoms with van der Waals surface area (Å²) >= 11 is 0. The van der Waals surface area contributed by atoms with Gasteiger partial charge in [0.05, 0.1) is 0 Å². The first kappa shape index (κ1) is 22.9. The van der Waals surface area contributed by atoms with Crippen molar-refractivity contribution >= 4 is 18.0 Å². The van der Waals surface area contributed by atoms with Crippen LogP contribution in [0.4, 0.5) is 38.6 Å². The highest BCUT2D eigenvalue weighted by molar-refractivity contribution is 5.65. The van der Waals surface area contributed by atoms with Gasteiger partial charge in [-0.15, -0.1) is 0 Å². The fourth-order valence-corrected chi connectivity index (χ4v) is 3.83. The molecule has 0 aromatic carbocycles. The first-order chi connectivity index (χ1) is 15.5. The molecule has 1 aliphatic carbocycles.